The zero-order valence-electron chi connectivity index (χ0n) is 13.0. The number of benzene rings is 1. The van der Waals surface area contributed by atoms with Crippen molar-refractivity contribution in [3.05, 3.63) is 23.8 Å². The van der Waals surface area contributed by atoms with Crippen molar-refractivity contribution in [2.75, 3.05) is 7.11 Å². The highest BCUT2D eigenvalue weighted by atomic mass is 19.3. The number of ether oxygens (including phenoxy) is 2. The van der Waals surface area contributed by atoms with Gasteiger partial charge in [0.05, 0.1) is 7.11 Å². The summed E-state index contributed by atoms with van der Waals surface area (Å²) in [5, 5.41) is 11.5. The molecule has 0 aromatic heterocycles. The van der Waals surface area contributed by atoms with Crippen molar-refractivity contribution in [1.29, 1.82) is 0 Å². The Morgan fingerprint density at radius 2 is 1.96 bits per heavy atom. The maximum atomic E-state index is 12.4. The summed E-state index contributed by atoms with van der Waals surface area (Å²) in [6.07, 6.45) is 0.555. The number of aliphatic carboxylic acids is 1. The normalized spacial score (nSPS) is 13.3. The van der Waals surface area contributed by atoms with Gasteiger partial charge in [0.15, 0.2) is 11.5 Å². The Morgan fingerprint density at radius 3 is 2.43 bits per heavy atom. The average Bonchev–Trinajstić information content (AvgIpc) is 2.50. The van der Waals surface area contributed by atoms with E-state index >= 15 is 0 Å². The molecule has 2 N–H and O–H groups in total. The minimum atomic E-state index is -3.07. The van der Waals surface area contributed by atoms with E-state index in [-0.39, 0.29) is 23.0 Å². The Kier molecular flexibility index (Phi) is 6.74. The smallest absolute Gasteiger partial charge is 0.387 e. The third kappa shape index (κ3) is 5.08. The van der Waals surface area contributed by atoms with Crippen LogP contribution in [0.2, 0.25) is 0 Å². The van der Waals surface area contributed by atoms with Crippen LogP contribution in [0.4, 0.5) is 8.78 Å². The van der Waals surface area contributed by atoms with Crippen LogP contribution in [0, 0.1) is 5.92 Å². The second-order valence-electron chi connectivity index (χ2n) is 4.92. The molecule has 0 heterocycles. The highest BCUT2D eigenvalue weighted by Gasteiger charge is 2.26. The minimum absolute atomic E-state index is 0.00370. The van der Waals surface area contributed by atoms with Crippen LogP contribution in [-0.4, -0.2) is 36.7 Å². The molecule has 0 aliphatic rings. The monoisotopic (exact) mass is 331 g/mol. The van der Waals surface area contributed by atoms with E-state index in [0.717, 1.165) is 6.07 Å². The van der Waals surface area contributed by atoms with Crippen molar-refractivity contribution in [2.45, 2.75) is 32.9 Å². The number of nitrogens with one attached hydrogen (secondary N) is 1. The van der Waals surface area contributed by atoms with Crippen LogP contribution in [0.3, 0.4) is 0 Å². The number of carboxylic acids is 1. The number of carbonyl (C=O) groups is 2. The highest BCUT2D eigenvalue weighted by molar-refractivity contribution is 5.97. The molecule has 1 amide bonds. The predicted octanol–water partition coefficient (Wildman–Crippen LogP) is 2.53. The number of rotatable bonds is 8. The van der Waals surface area contributed by atoms with E-state index in [4.69, 9.17) is 9.84 Å². The Morgan fingerprint density at radius 1 is 1.30 bits per heavy atom. The predicted molar refractivity (Wildman–Crippen MR) is 78.0 cm³/mol. The zero-order valence-corrected chi connectivity index (χ0v) is 13.0. The first-order chi connectivity index (χ1) is 10.8. The van der Waals surface area contributed by atoms with Gasteiger partial charge in [-0.3, -0.25) is 4.79 Å². The van der Waals surface area contributed by atoms with Gasteiger partial charge in [0.2, 0.25) is 0 Å². The van der Waals surface area contributed by atoms with E-state index in [0.29, 0.717) is 6.42 Å². The van der Waals surface area contributed by atoms with Crippen LogP contribution in [0.1, 0.15) is 30.6 Å². The van der Waals surface area contributed by atoms with Crippen molar-refractivity contribution in [1.82, 2.24) is 5.32 Å². The Balaban J connectivity index is 3.01. The number of methoxy groups -OCH3 is 1. The maximum absolute atomic E-state index is 12.4. The maximum Gasteiger partial charge on any atom is 0.387 e. The molecule has 0 spiro atoms. The highest BCUT2D eigenvalue weighted by Crippen LogP contribution is 2.29. The molecule has 0 unspecified atom stereocenters. The van der Waals surface area contributed by atoms with Gasteiger partial charge < -0.3 is 19.9 Å². The lowest BCUT2D eigenvalue weighted by atomic mass is 9.99. The molecule has 128 valence electrons. The Labute approximate surface area is 132 Å². The summed E-state index contributed by atoms with van der Waals surface area (Å²) in [7, 11) is 1.27. The SMILES string of the molecule is CC[C@H](C)[C@H](NC(=O)c1ccc(OC)c(OC(F)F)c1)C(=O)O. The van der Waals surface area contributed by atoms with E-state index in [9.17, 15) is 18.4 Å². The fraction of sp³-hybridized carbons (Fsp3) is 0.467. The fourth-order valence-electron chi connectivity index (χ4n) is 1.91. The lowest BCUT2D eigenvalue weighted by Crippen LogP contribution is -2.45. The molecule has 6 nitrogen and oxygen atoms in total. The van der Waals surface area contributed by atoms with E-state index in [1.165, 1.54) is 19.2 Å². The van der Waals surface area contributed by atoms with E-state index in [1.807, 2.05) is 0 Å². The van der Waals surface area contributed by atoms with Crippen LogP contribution in [0.15, 0.2) is 18.2 Å². The largest absolute Gasteiger partial charge is 0.493 e. The van der Waals surface area contributed by atoms with E-state index < -0.39 is 24.5 Å². The summed E-state index contributed by atoms with van der Waals surface area (Å²) < 4.78 is 33.9. The topological polar surface area (TPSA) is 84.9 Å². The first-order valence-electron chi connectivity index (χ1n) is 6.96. The molecule has 0 bridgehead atoms. The van der Waals surface area contributed by atoms with Gasteiger partial charge in [0.25, 0.3) is 5.91 Å². The summed E-state index contributed by atoms with van der Waals surface area (Å²) in [6, 6.07) is 2.64. The molecule has 0 radical (unpaired) electrons. The van der Waals surface area contributed by atoms with Gasteiger partial charge in [-0.15, -0.1) is 0 Å². The second-order valence-corrected chi connectivity index (χ2v) is 4.92. The molecule has 1 aromatic rings. The lowest BCUT2D eigenvalue weighted by Gasteiger charge is -2.20. The molecule has 2 atom stereocenters. The van der Waals surface area contributed by atoms with Crippen LogP contribution in [0.25, 0.3) is 0 Å². The molecule has 0 saturated heterocycles. The van der Waals surface area contributed by atoms with Crippen molar-refractivity contribution >= 4 is 11.9 Å². The van der Waals surface area contributed by atoms with Crippen LogP contribution < -0.4 is 14.8 Å². The average molecular weight is 331 g/mol. The zero-order chi connectivity index (χ0) is 17.6. The van der Waals surface area contributed by atoms with Crippen molar-refractivity contribution < 1.29 is 33.0 Å². The molecular weight excluding hydrogens is 312 g/mol. The quantitative estimate of drug-likeness (QED) is 0.764. The van der Waals surface area contributed by atoms with Crippen LogP contribution in [-0.2, 0) is 4.79 Å². The standard InChI is InChI=1S/C15H19F2NO5/c1-4-8(2)12(14(20)21)18-13(19)9-5-6-10(22-3)11(7-9)23-15(16)17/h5-8,12,15H,4H2,1-3H3,(H,18,19)(H,20,21)/t8-,12-/m0/s1. The van der Waals surface area contributed by atoms with Gasteiger partial charge in [0, 0.05) is 5.56 Å². The molecular formula is C15H19F2NO5. The summed E-state index contributed by atoms with van der Waals surface area (Å²) in [4.78, 5) is 23.4. The van der Waals surface area contributed by atoms with Gasteiger partial charge in [0.1, 0.15) is 6.04 Å². The van der Waals surface area contributed by atoms with Crippen molar-refractivity contribution in [3.63, 3.8) is 0 Å². The first kappa shape index (κ1) is 18.7. The van der Waals surface area contributed by atoms with Gasteiger partial charge in [-0.05, 0) is 24.1 Å². The summed E-state index contributed by atoms with van der Waals surface area (Å²) in [5.41, 5.74) is -0.00370. The first-order valence-corrected chi connectivity index (χ1v) is 6.96. The molecule has 0 saturated carbocycles. The molecule has 23 heavy (non-hydrogen) atoms. The van der Waals surface area contributed by atoms with E-state index in [2.05, 4.69) is 10.1 Å². The number of amides is 1. The van der Waals surface area contributed by atoms with Gasteiger partial charge in [-0.2, -0.15) is 8.78 Å². The number of carboxylic acid groups (broad SMARTS) is 1. The third-order valence-electron chi connectivity index (χ3n) is 3.41. The third-order valence-corrected chi connectivity index (χ3v) is 3.41. The van der Waals surface area contributed by atoms with Crippen molar-refractivity contribution in [3.8, 4) is 11.5 Å². The van der Waals surface area contributed by atoms with Gasteiger partial charge in [-0.1, -0.05) is 20.3 Å². The summed E-state index contributed by atoms with van der Waals surface area (Å²) >= 11 is 0. The number of halogens is 2. The van der Waals surface area contributed by atoms with E-state index in [1.54, 1.807) is 13.8 Å². The lowest BCUT2D eigenvalue weighted by molar-refractivity contribution is -0.140. The number of carbonyl (C=O) groups excluding carboxylic acids is 1. The number of hydrogen-bond donors (Lipinski definition) is 2. The Bertz CT molecular complexity index is 565. The molecule has 0 fully saturated rings. The summed E-state index contributed by atoms with van der Waals surface area (Å²) in [5.74, 6) is -2.40. The fourth-order valence-corrected chi connectivity index (χ4v) is 1.91. The molecule has 0 aliphatic carbocycles. The van der Waals surface area contributed by atoms with Crippen LogP contribution >= 0.6 is 0 Å². The molecule has 1 aromatic carbocycles. The summed E-state index contributed by atoms with van der Waals surface area (Å²) in [6.45, 7) is 0.418. The minimum Gasteiger partial charge on any atom is -0.493 e. The Hall–Kier alpha value is -2.38. The molecule has 0 aliphatic heterocycles. The molecule has 1 rings (SSSR count). The van der Waals surface area contributed by atoms with Gasteiger partial charge in [-0.25, -0.2) is 4.79 Å². The van der Waals surface area contributed by atoms with Crippen LogP contribution in [0.5, 0.6) is 11.5 Å². The van der Waals surface area contributed by atoms with Gasteiger partial charge >= 0.3 is 12.6 Å². The second kappa shape index (κ2) is 8.30. The number of hydrogen-bond acceptors (Lipinski definition) is 4. The molecule has 8 heteroatoms. The van der Waals surface area contributed by atoms with Crippen molar-refractivity contribution in [2.24, 2.45) is 5.92 Å². The number of alkyl halides is 2.